The number of halogens is 4. The van der Waals surface area contributed by atoms with Crippen molar-refractivity contribution in [2.45, 2.75) is 25.4 Å². The van der Waals surface area contributed by atoms with E-state index in [-0.39, 0.29) is 44.9 Å². The topological polar surface area (TPSA) is 90.3 Å². The van der Waals surface area contributed by atoms with E-state index in [2.05, 4.69) is 10.3 Å². The minimum atomic E-state index is -0.528. The van der Waals surface area contributed by atoms with Crippen molar-refractivity contribution in [1.82, 2.24) is 14.9 Å². The number of aryl methyl sites for hydroxylation is 1. The van der Waals surface area contributed by atoms with Crippen LogP contribution in [0.25, 0.3) is 11.3 Å². The molecule has 35 heavy (non-hydrogen) atoms. The average molecular weight is 551 g/mol. The molecule has 4 N–H and O–H groups in total. The Kier molecular flexibility index (Phi) is 6.40. The van der Waals surface area contributed by atoms with E-state index in [1.54, 1.807) is 10.6 Å². The molecule has 0 unspecified atom stereocenters. The molecule has 5 rings (SSSR count). The van der Waals surface area contributed by atoms with Crippen LogP contribution < -0.4 is 5.32 Å². The van der Waals surface area contributed by atoms with Gasteiger partial charge in [0.15, 0.2) is 0 Å². The van der Waals surface area contributed by atoms with Crippen molar-refractivity contribution in [2.75, 3.05) is 0 Å². The summed E-state index contributed by atoms with van der Waals surface area (Å²) in [5.41, 5.74) is 2.56. The van der Waals surface area contributed by atoms with Gasteiger partial charge in [0.2, 0.25) is 0 Å². The lowest BCUT2D eigenvalue weighted by molar-refractivity contribution is 0.0948. The van der Waals surface area contributed by atoms with Crippen LogP contribution in [-0.2, 0) is 13.0 Å². The number of aromatic hydroxyl groups is 2. The van der Waals surface area contributed by atoms with Crippen molar-refractivity contribution in [2.24, 2.45) is 0 Å². The molecule has 0 radical (unpaired) electrons. The fraction of sp³-hybridized carbons (Fsp3) is 0.160. The van der Waals surface area contributed by atoms with Crippen LogP contribution in [0.15, 0.2) is 48.5 Å². The molecule has 0 fully saturated rings. The summed E-state index contributed by atoms with van der Waals surface area (Å²) in [6.07, 6.45) is 1.22. The average Bonchev–Trinajstić information content (AvgIpc) is 3.48. The van der Waals surface area contributed by atoms with Gasteiger partial charge in [-0.3, -0.25) is 4.79 Å². The van der Waals surface area contributed by atoms with Gasteiger partial charge in [0.05, 0.1) is 27.2 Å². The maximum Gasteiger partial charge on any atom is 0.256 e. The zero-order valence-electron chi connectivity index (χ0n) is 18.1. The number of rotatable bonds is 5. The van der Waals surface area contributed by atoms with Crippen LogP contribution in [0.2, 0.25) is 20.4 Å². The molecule has 180 valence electrons. The molecule has 1 aliphatic heterocycles. The van der Waals surface area contributed by atoms with Gasteiger partial charge >= 0.3 is 0 Å². The predicted molar refractivity (Wildman–Crippen MR) is 138 cm³/mol. The molecule has 2 aromatic carbocycles. The number of aromatic amines is 1. The zero-order chi connectivity index (χ0) is 24.9. The summed E-state index contributed by atoms with van der Waals surface area (Å²) < 4.78 is 1.77. The van der Waals surface area contributed by atoms with E-state index in [9.17, 15) is 15.0 Å². The standard InChI is InChI=1S/C25H19Cl4N3O3/c26-15-10-17(31-23(15)28)14-9-19(33)21(18-7-6-13-8-16(27)24(29)32(13)18)22(34)20(14)25(35)30-11-12-4-2-1-3-5-12/h1-5,8-10,18,31,33-34H,6-7,11H2,(H,30,35)/t18-/m0/s1. The summed E-state index contributed by atoms with van der Waals surface area (Å²) in [6.45, 7) is 0.244. The van der Waals surface area contributed by atoms with Crippen molar-refractivity contribution in [3.63, 3.8) is 0 Å². The summed E-state index contributed by atoms with van der Waals surface area (Å²) in [7, 11) is 0. The smallest absolute Gasteiger partial charge is 0.256 e. The number of phenolic OH excluding ortho intramolecular Hbond substituents is 2. The Morgan fingerprint density at radius 1 is 1.06 bits per heavy atom. The minimum absolute atomic E-state index is 0.0221. The van der Waals surface area contributed by atoms with Crippen LogP contribution in [0.5, 0.6) is 11.5 Å². The number of nitrogens with one attached hydrogen (secondary N) is 2. The van der Waals surface area contributed by atoms with Crippen LogP contribution in [-0.4, -0.2) is 25.7 Å². The van der Waals surface area contributed by atoms with E-state index in [0.29, 0.717) is 28.7 Å². The number of phenols is 2. The molecule has 0 aliphatic carbocycles. The van der Waals surface area contributed by atoms with Gasteiger partial charge in [0.1, 0.15) is 21.8 Å². The van der Waals surface area contributed by atoms with E-state index >= 15 is 0 Å². The van der Waals surface area contributed by atoms with Crippen LogP contribution in [0.1, 0.15) is 39.6 Å². The van der Waals surface area contributed by atoms with Crippen LogP contribution in [0.4, 0.5) is 0 Å². The van der Waals surface area contributed by atoms with Gasteiger partial charge < -0.3 is 25.1 Å². The largest absolute Gasteiger partial charge is 0.507 e. The zero-order valence-corrected chi connectivity index (χ0v) is 21.1. The Labute approximate surface area is 221 Å². The number of carbonyl (C=O) groups is 1. The molecule has 3 heterocycles. The Hall–Kier alpha value is -2.77. The second-order valence-electron chi connectivity index (χ2n) is 8.29. The number of hydrogen-bond donors (Lipinski definition) is 4. The molecule has 1 atom stereocenters. The third-order valence-electron chi connectivity index (χ3n) is 6.19. The van der Waals surface area contributed by atoms with E-state index < -0.39 is 11.9 Å². The second-order valence-corrected chi connectivity index (χ2v) is 9.84. The van der Waals surface area contributed by atoms with Crippen LogP contribution in [0, 0.1) is 0 Å². The molecular weight excluding hydrogens is 532 g/mol. The van der Waals surface area contributed by atoms with Gasteiger partial charge in [0.25, 0.3) is 5.91 Å². The molecule has 2 aromatic heterocycles. The summed E-state index contributed by atoms with van der Waals surface area (Å²) in [5, 5.41) is 26.5. The van der Waals surface area contributed by atoms with Crippen molar-refractivity contribution in [3.8, 4) is 22.8 Å². The number of H-pyrrole nitrogens is 1. The lowest BCUT2D eigenvalue weighted by atomic mass is 9.93. The van der Waals surface area contributed by atoms with Gasteiger partial charge in [-0.15, -0.1) is 0 Å². The Morgan fingerprint density at radius 2 is 1.80 bits per heavy atom. The first-order valence-corrected chi connectivity index (χ1v) is 12.3. The highest BCUT2D eigenvalue weighted by Gasteiger charge is 2.34. The van der Waals surface area contributed by atoms with Crippen molar-refractivity contribution in [1.29, 1.82) is 0 Å². The summed E-state index contributed by atoms with van der Waals surface area (Å²) >= 11 is 24.9. The quantitative estimate of drug-likeness (QED) is 0.216. The van der Waals surface area contributed by atoms with Gasteiger partial charge in [-0.05, 0) is 36.6 Å². The maximum atomic E-state index is 13.4. The molecule has 1 amide bonds. The number of fused-ring (bicyclic) bond motifs is 1. The lowest BCUT2D eigenvalue weighted by Gasteiger charge is -2.22. The molecule has 0 saturated carbocycles. The van der Waals surface area contributed by atoms with Crippen molar-refractivity contribution in [3.05, 3.63) is 91.3 Å². The summed E-state index contributed by atoms with van der Waals surface area (Å²) in [6, 6.07) is 13.6. The first-order chi connectivity index (χ1) is 16.8. The Balaban J connectivity index is 1.63. The predicted octanol–water partition coefficient (Wildman–Crippen LogP) is 6.97. The fourth-order valence-electron chi connectivity index (χ4n) is 4.59. The van der Waals surface area contributed by atoms with Crippen molar-refractivity contribution >= 4 is 52.3 Å². The Bertz CT molecular complexity index is 1430. The monoisotopic (exact) mass is 549 g/mol. The van der Waals surface area contributed by atoms with E-state index in [1.807, 2.05) is 30.3 Å². The number of benzene rings is 2. The molecule has 10 heteroatoms. The Morgan fingerprint density at radius 3 is 2.49 bits per heavy atom. The highest BCUT2D eigenvalue weighted by Crippen LogP contribution is 2.49. The minimum Gasteiger partial charge on any atom is -0.507 e. The number of carbonyl (C=O) groups excluding carboxylic acids is 1. The molecular formula is C25H19Cl4N3O3. The fourth-order valence-corrected chi connectivity index (χ4v) is 5.40. The normalized spacial score (nSPS) is 14.8. The van der Waals surface area contributed by atoms with Crippen LogP contribution in [0.3, 0.4) is 0 Å². The molecule has 1 aliphatic rings. The van der Waals surface area contributed by atoms with Gasteiger partial charge in [-0.25, -0.2) is 0 Å². The van der Waals surface area contributed by atoms with Gasteiger partial charge in [-0.2, -0.15) is 0 Å². The first kappa shape index (κ1) is 23.9. The van der Waals surface area contributed by atoms with E-state index in [1.165, 1.54) is 12.1 Å². The molecule has 0 spiro atoms. The van der Waals surface area contributed by atoms with E-state index in [0.717, 1.165) is 11.3 Å². The highest BCUT2D eigenvalue weighted by atomic mass is 35.5. The third kappa shape index (κ3) is 4.25. The number of aromatic nitrogens is 2. The number of nitrogens with zero attached hydrogens (tertiary/aromatic N) is 1. The molecule has 6 nitrogen and oxygen atoms in total. The second kappa shape index (κ2) is 9.36. The maximum absolute atomic E-state index is 13.4. The van der Waals surface area contributed by atoms with Crippen molar-refractivity contribution < 1.29 is 15.0 Å². The molecule has 0 saturated heterocycles. The summed E-state index contributed by atoms with van der Waals surface area (Å²) in [5.74, 6) is -1.08. The van der Waals surface area contributed by atoms with E-state index in [4.69, 9.17) is 46.4 Å². The first-order valence-electron chi connectivity index (χ1n) is 10.8. The lowest BCUT2D eigenvalue weighted by Crippen LogP contribution is -2.24. The third-order valence-corrected chi connectivity index (χ3v) is 7.65. The number of amides is 1. The van der Waals surface area contributed by atoms with Crippen LogP contribution >= 0.6 is 46.4 Å². The number of hydrogen-bond acceptors (Lipinski definition) is 3. The summed E-state index contributed by atoms with van der Waals surface area (Å²) in [4.78, 5) is 16.3. The van der Waals surface area contributed by atoms with Gasteiger partial charge in [0, 0.05) is 23.5 Å². The molecule has 0 bridgehead atoms. The highest BCUT2D eigenvalue weighted by molar-refractivity contribution is 6.42. The SMILES string of the molecule is O=C(NCc1ccccc1)c1c(-c2cc(Cl)c(Cl)[nH]2)cc(O)c([C@@H]2CCc3cc(Cl)c(Cl)n32)c1O. The van der Waals surface area contributed by atoms with Gasteiger partial charge in [-0.1, -0.05) is 76.7 Å². The molecule has 4 aromatic rings.